The molecule has 0 radical (unpaired) electrons. The summed E-state index contributed by atoms with van der Waals surface area (Å²) in [7, 11) is 0. The Morgan fingerprint density at radius 2 is 2.03 bits per heavy atom. The van der Waals surface area contributed by atoms with Crippen LogP contribution < -0.4 is 10.1 Å². The fraction of sp³-hybridized carbons (Fsp3) is 0.462. The first kappa shape index (κ1) is 21.9. The summed E-state index contributed by atoms with van der Waals surface area (Å²) in [5, 5.41) is 14.8. The number of aromatic nitrogens is 2. The van der Waals surface area contributed by atoms with Crippen LogP contribution in [0.2, 0.25) is 5.02 Å². The van der Waals surface area contributed by atoms with Gasteiger partial charge in [0.05, 0.1) is 17.2 Å². The molecule has 0 bridgehead atoms. The molecule has 1 aromatic carbocycles. The third-order valence-electron chi connectivity index (χ3n) is 7.84. The van der Waals surface area contributed by atoms with E-state index in [4.69, 9.17) is 16.3 Å². The number of hydrogen-bond acceptors (Lipinski definition) is 5. The first-order chi connectivity index (χ1) is 16.3. The van der Waals surface area contributed by atoms with Gasteiger partial charge in [-0.05, 0) is 81.6 Å². The molecule has 2 fully saturated rings. The van der Waals surface area contributed by atoms with Crippen LogP contribution in [0.1, 0.15) is 44.2 Å². The molecule has 4 heterocycles. The zero-order valence-corrected chi connectivity index (χ0v) is 20.0. The summed E-state index contributed by atoms with van der Waals surface area (Å²) in [6.45, 7) is 4.94. The van der Waals surface area contributed by atoms with Gasteiger partial charge in [0.2, 0.25) is 5.91 Å². The van der Waals surface area contributed by atoms with E-state index >= 15 is 0 Å². The highest BCUT2D eigenvalue weighted by molar-refractivity contribution is 6.31. The van der Waals surface area contributed by atoms with Gasteiger partial charge in [0, 0.05) is 34.9 Å². The number of nitrogens with one attached hydrogen (secondary N) is 1. The van der Waals surface area contributed by atoms with Gasteiger partial charge in [-0.15, -0.1) is 0 Å². The minimum atomic E-state index is -0.559. The van der Waals surface area contributed by atoms with E-state index in [-0.39, 0.29) is 5.91 Å². The lowest BCUT2D eigenvalue weighted by Crippen LogP contribution is -2.47. The number of piperidine rings is 1. The molecule has 2 aliphatic heterocycles. The molecular weight excluding hydrogens is 452 g/mol. The van der Waals surface area contributed by atoms with E-state index in [1.54, 1.807) is 6.20 Å². The van der Waals surface area contributed by atoms with Crippen LogP contribution in [0.15, 0.2) is 42.7 Å². The van der Waals surface area contributed by atoms with E-state index in [9.17, 15) is 9.90 Å². The maximum atomic E-state index is 12.8. The third-order valence-corrected chi connectivity index (χ3v) is 8.07. The van der Waals surface area contributed by atoms with Crippen LogP contribution >= 0.6 is 11.6 Å². The Morgan fingerprint density at radius 1 is 1.24 bits per heavy atom. The highest BCUT2D eigenvalue weighted by Crippen LogP contribution is 2.46. The highest BCUT2D eigenvalue weighted by atomic mass is 35.5. The molecule has 2 N–H and O–H groups in total. The number of benzene rings is 1. The maximum absolute atomic E-state index is 12.8. The van der Waals surface area contributed by atoms with E-state index in [1.165, 1.54) is 0 Å². The number of ether oxygens (including phenoxy) is 1. The van der Waals surface area contributed by atoms with Crippen LogP contribution in [0.5, 0.6) is 5.75 Å². The number of fused-ring (bicyclic) bond motifs is 3. The standard InChI is InChI=1S/C26H29ClN4O3/c1-25(33)14-19(15-25)31-7-4-17-12-20(16-28-23(17)31)34-11-10-30-8-5-26(6-9-30)21-13-18(27)2-3-22(21)29-24(26)32/h2-4,7,12-13,16,19,33H,5-6,8-11,14-15H2,1H3,(H,29,32). The number of aliphatic hydroxyl groups is 1. The molecule has 1 saturated carbocycles. The summed E-state index contributed by atoms with van der Waals surface area (Å²) < 4.78 is 8.18. The van der Waals surface area contributed by atoms with Crippen LogP contribution in [0.25, 0.3) is 11.0 Å². The summed E-state index contributed by atoms with van der Waals surface area (Å²) in [6, 6.07) is 10.1. The number of nitrogens with zero attached hydrogens (tertiary/aromatic N) is 3. The van der Waals surface area contributed by atoms with Crippen molar-refractivity contribution in [2.75, 3.05) is 31.6 Å². The van der Waals surface area contributed by atoms with Crippen LogP contribution in [0.4, 0.5) is 5.69 Å². The van der Waals surface area contributed by atoms with Gasteiger partial charge in [-0.3, -0.25) is 9.69 Å². The number of hydrogen-bond donors (Lipinski definition) is 2. The predicted octanol–water partition coefficient (Wildman–Crippen LogP) is 4.14. The van der Waals surface area contributed by atoms with E-state index in [2.05, 4.69) is 32.0 Å². The topological polar surface area (TPSA) is 79.6 Å². The van der Waals surface area contributed by atoms with Crippen molar-refractivity contribution in [2.24, 2.45) is 0 Å². The van der Waals surface area contributed by atoms with E-state index in [0.29, 0.717) is 17.7 Å². The average molecular weight is 481 g/mol. The molecule has 0 unspecified atom stereocenters. The number of rotatable bonds is 5. The van der Waals surface area contributed by atoms with Gasteiger partial charge in [-0.1, -0.05) is 11.6 Å². The maximum Gasteiger partial charge on any atom is 0.235 e. The Bertz CT molecular complexity index is 1250. The summed E-state index contributed by atoms with van der Waals surface area (Å²) >= 11 is 6.22. The molecule has 1 aliphatic carbocycles. The molecule has 3 aliphatic rings. The molecule has 1 amide bonds. The third kappa shape index (κ3) is 3.67. The number of carbonyl (C=O) groups excluding carboxylic acids is 1. The number of carbonyl (C=O) groups is 1. The molecule has 1 spiro atoms. The molecule has 178 valence electrons. The molecule has 6 rings (SSSR count). The summed E-state index contributed by atoms with van der Waals surface area (Å²) in [4.78, 5) is 19.8. The SMILES string of the molecule is CC1(O)CC(n2ccc3cc(OCCN4CCC5(CC4)C(=O)Nc4ccc(Cl)cc45)cnc32)C1. The lowest BCUT2D eigenvalue weighted by atomic mass is 9.73. The summed E-state index contributed by atoms with van der Waals surface area (Å²) in [6.07, 6.45) is 6.91. The van der Waals surface area contributed by atoms with Crippen molar-refractivity contribution in [2.45, 2.75) is 49.7 Å². The molecule has 0 atom stereocenters. The van der Waals surface area contributed by atoms with Crippen molar-refractivity contribution in [1.29, 1.82) is 0 Å². The van der Waals surface area contributed by atoms with E-state index in [0.717, 1.165) is 73.4 Å². The smallest absolute Gasteiger partial charge is 0.235 e. The fourth-order valence-corrected chi connectivity index (χ4v) is 6.05. The summed E-state index contributed by atoms with van der Waals surface area (Å²) in [5.41, 5.74) is 1.84. The van der Waals surface area contributed by atoms with E-state index < -0.39 is 11.0 Å². The zero-order valence-electron chi connectivity index (χ0n) is 19.3. The number of anilines is 1. The number of likely N-dealkylation sites (tertiary alicyclic amines) is 1. The highest BCUT2D eigenvalue weighted by Gasteiger charge is 2.48. The van der Waals surface area contributed by atoms with Gasteiger partial charge in [0.15, 0.2) is 0 Å². The van der Waals surface area contributed by atoms with Crippen molar-refractivity contribution in [3.63, 3.8) is 0 Å². The first-order valence-electron chi connectivity index (χ1n) is 12.0. The van der Waals surface area contributed by atoms with Gasteiger partial charge >= 0.3 is 0 Å². The Hall–Kier alpha value is -2.61. The molecule has 7 nitrogen and oxygen atoms in total. The van der Waals surface area contributed by atoms with Crippen LogP contribution in [-0.2, 0) is 10.2 Å². The monoisotopic (exact) mass is 480 g/mol. The van der Waals surface area contributed by atoms with Gasteiger partial charge in [0.25, 0.3) is 0 Å². The van der Waals surface area contributed by atoms with Crippen molar-refractivity contribution in [1.82, 2.24) is 14.5 Å². The Kier molecular flexibility index (Phi) is 5.13. The second-order valence-corrected chi connectivity index (χ2v) is 10.7. The molecule has 3 aromatic rings. The molecule has 1 saturated heterocycles. The molecule has 2 aromatic heterocycles. The van der Waals surface area contributed by atoms with Gasteiger partial charge in [0.1, 0.15) is 18.0 Å². The second-order valence-electron chi connectivity index (χ2n) is 10.3. The minimum Gasteiger partial charge on any atom is -0.491 e. The van der Waals surface area contributed by atoms with Crippen LogP contribution in [-0.4, -0.2) is 57.3 Å². The Labute approximate surface area is 203 Å². The lowest BCUT2D eigenvalue weighted by molar-refractivity contribution is -0.122. The van der Waals surface area contributed by atoms with Crippen LogP contribution in [0.3, 0.4) is 0 Å². The quantitative estimate of drug-likeness (QED) is 0.573. The Morgan fingerprint density at radius 3 is 2.79 bits per heavy atom. The predicted molar refractivity (Wildman–Crippen MR) is 132 cm³/mol. The van der Waals surface area contributed by atoms with Crippen molar-refractivity contribution in [3.05, 3.63) is 53.3 Å². The normalized spacial score (nSPS) is 25.9. The van der Waals surface area contributed by atoms with Crippen molar-refractivity contribution in [3.8, 4) is 5.75 Å². The largest absolute Gasteiger partial charge is 0.491 e. The van der Waals surface area contributed by atoms with Crippen molar-refractivity contribution >= 4 is 34.2 Å². The van der Waals surface area contributed by atoms with Crippen molar-refractivity contribution < 1.29 is 14.6 Å². The van der Waals surface area contributed by atoms with Gasteiger partial charge in [-0.2, -0.15) is 0 Å². The van der Waals surface area contributed by atoms with Gasteiger partial charge in [-0.25, -0.2) is 4.98 Å². The number of halogens is 1. The zero-order chi connectivity index (χ0) is 23.5. The fourth-order valence-electron chi connectivity index (χ4n) is 5.88. The number of pyridine rings is 1. The second kappa shape index (κ2) is 7.97. The molecular formula is C26H29ClN4O3. The minimum absolute atomic E-state index is 0.0949. The number of amides is 1. The van der Waals surface area contributed by atoms with Gasteiger partial charge < -0.3 is 19.7 Å². The lowest BCUT2D eigenvalue weighted by Gasteiger charge is -2.41. The first-order valence-corrected chi connectivity index (χ1v) is 12.4. The molecule has 8 heteroatoms. The summed E-state index contributed by atoms with van der Waals surface area (Å²) in [5.74, 6) is 0.857. The Balaban J connectivity index is 1.04. The molecule has 34 heavy (non-hydrogen) atoms. The van der Waals surface area contributed by atoms with E-state index in [1.807, 2.05) is 31.2 Å². The average Bonchev–Trinajstić information content (AvgIpc) is 3.32. The van der Waals surface area contributed by atoms with Crippen LogP contribution in [0, 0.1) is 0 Å².